The summed E-state index contributed by atoms with van der Waals surface area (Å²) in [6.45, 7) is 2.13. The van der Waals surface area contributed by atoms with Gasteiger partial charge in [-0.1, -0.05) is 59.1 Å². The highest BCUT2D eigenvalue weighted by Crippen LogP contribution is 2.24. The number of para-hydroxylation sites is 1. The van der Waals surface area contributed by atoms with Crippen LogP contribution >= 0.6 is 34.8 Å². The van der Waals surface area contributed by atoms with Crippen molar-refractivity contribution < 1.29 is 14.3 Å². The molecule has 0 fully saturated rings. The van der Waals surface area contributed by atoms with Gasteiger partial charge in [0.15, 0.2) is 0 Å². The topological polar surface area (TPSA) is 79.8 Å². The first kappa shape index (κ1) is 24.6. The molecule has 0 unspecified atom stereocenters. The molecule has 3 aromatic carbocycles. The maximum Gasteiger partial charge on any atom is 0.249 e. The molecule has 170 valence electrons. The average molecular weight is 505 g/mol. The van der Waals surface area contributed by atoms with E-state index in [0.29, 0.717) is 32.1 Å². The first-order valence-corrected chi connectivity index (χ1v) is 11.0. The lowest BCUT2D eigenvalue weighted by atomic mass is 10.2. The van der Waals surface area contributed by atoms with Crippen LogP contribution in [0.1, 0.15) is 23.1 Å². The molecule has 3 rings (SSSR count). The maximum atomic E-state index is 12.1. The Morgan fingerprint density at radius 2 is 1.73 bits per heavy atom. The summed E-state index contributed by atoms with van der Waals surface area (Å²) in [6.07, 6.45) is 1.05. The van der Waals surface area contributed by atoms with Crippen LogP contribution in [0.2, 0.25) is 15.1 Å². The van der Waals surface area contributed by atoms with E-state index < -0.39 is 18.2 Å². The van der Waals surface area contributed by atoms with Gasteiger partial charge in [0.2, 0.25) is 11.8 Å². The minimum Gasteiger partial charge on any atom is -0.488 e. The molecular weight excluding hydrogens is 485 g/mol. The Hall–Kier alpha value is -3.06. The van der Waals surface area contributed by atoms with Crippen LogP contribution in [-0.2, 0) is 16.2 Å². The van der Waals surface area contributed by atoms with Crippen LogP contribution < -0.4 is 15.5 Å². The Morgan fingerprint density at radius 3 is 2.48 bits per heavy atom. The van der Waals surface area contributed by atoms with Crippen LogP contribution in [0.4, 0.5) is 5.69 Å². The molecule has 0 atom stereocenters. The Morgan fingerprint density at radius 1 is 0.939 bits per heavy atom. The molecule has 3 aromatic rings. The summed E-state index contributed by atoms with van der Waals surface area (Å²) in [4.78, 5) is 24.1. The Balaban J connectivity index is 1.53. The molecule has 0 spiro atoms. The number of anilines is 1. The Labute approximate surface area is 206 Å². The van der Waals surface area contributed by atoms with E-state index in [0.717, 1.165) is 11.1 Å². The third kappa shape index (κ3) is 7.49. The highest BCUT2D eigenvalue weighted by molar-refractivity contribution is 6.42. The number of halogens is 3. The van der Waals surface area contributed by atoms with Crippen molar-refractivity contribution in [2.75, 3.05) is 5.32 Å². The van der Waals surface area contributed by atoms with Crippen molar-refractivity contribution in [1.29, 1.82) is 0 Å². The van der Waals surface area contributed by atoms with E-state index >= 15 is 0 Å². The van der Waals surface area contributed by atoms with Crippen LogP contribution in [-0.4, -0.2) is 18.0 Å². The fourth-order valence-corrected chi connectivity index (χ4v) is 3.25. The number of hydrazone groups is 1. The van der Waals surface area contributed by atoms with Crippen LogP contribution in [0, 0.1) is 6.92 Å². The van der Waals surface area contributed by atoms with Gasteiger partial charge in [-0.25, -0.2) is 5.43 Å². The molecule has 0 saturated heterocycles. The van der Waals surface area contributed by atoms with Crippen LogP contribution in [0.5, 0.6) is 5.75 Å². The number of nitrogens with one attached hydrogen (secondary N) is 2. The van der Waals surface area contributed by atoms with E-state index in [2.05, 4.69) is 15.8 Å². The molecule has 0 aliphatic heterocycles. The fraction of sp³-hybridized carbons (Fsp3) is 0.125. The van der Waals surface area contributed by atoms with E-state index in [9.17, 15) is 9.59 Å². The molecule has 9 heteroatoms. The van der Waals surface area contributed by atoms with Crippen molar-refractivity contribution in [3.05, 3.63) is 92.4 Å². The van der Waals surface area contributed by atoms with Crippen molar-refractivity contribution >= 4 is 58.5 Å². The van der Waals surface area contributed by atoms with E-state index in [1.54, 1.807) is 42.5 Å². The number of rotatable bonds is 8. The molecule has 0 heterocycles. The Bertz CT molecular complexity index is 1200. The predicted octanol–water partition coefficient (Wildman–Crippen LogP) is 6.01. The third-order valence-corrected chi connectivity index (χ3v) is 5.61. The lowest BCUT2D eigenvalue weighted by Gasteiger charge is -2.09. The van der Waals surface area contributed by atoms with Gasteiger partial charge in [-0.15, -0.1) is 0 Å². The van der Waals surface area contributed by atoms with E-state index in [4.69, 9.17) is 39.5 Å². The van der Waals surface area contributed by atoms with Crippen molar-refractivity contribution in [1.82, 2.24) is 5.43 Å². The maximum absolute atomic E-state index is 12.1. The van der Waals surface area contributed by atoms with Crippen molar-refractivity contribution in [3.8, 4) is 5.75 Å². The molecule has 0 bridgehead atoms. The minimum absolute atomic E-state index is 0.275. The monoisotopic (exact) mass is 503 g/mol. The fourth-order valence-electron chi connectivity index (χ4n) is 2.74. The largest absolute Gasteiger partial charge is 0.488 e. The molecule has 2 N–H and O–H groups in total. The zero-order chi connectivity index (χ0) is 23.8. The van der Waals surface area contributed by atoms with Crippen LogP contribution in [0.25, 0.3) is 0 Å². The van der Waals surface area contributed by atoms with Gasteiger partial charge in [-0.05, 0) is 54.4 Å². The normalized spacial score (nSPS) is 10.8. The quantitative estimate of drug-likeness (QED) is 0.224. The summed E-state index contributed by atoms with van der Waals surface area (Å²) in [5, 5.41) is 8.00. The number of carbonyl (C=O) groups is 2. The lowest BCUT2D eigenvalue weighted by Crippen LogP contribution is -2.24. The number of benzene rings is 3. The van der Waals surface area contributed by atoms with Crippen LogP contribution in [0.15, 0.2) is 65.8 Å². The molecule has 0 aliphatic carbocycles. The second-order valence-corrected chi connectivity index (χ2v) is 8.28. The number of aryl methyl sites for hydroxylation is 1. The van der Waals surface area contributed by atoms with Crippen molar-refractivity contribution in [2.24, 2.45) is 5.10 Å². The smallest absolute Gasteiger partial charge is 0.249 e. The zero-order valence-electron chi connectivity index (χ0n) is 17.6. The van der Waals surface area contributed by atoms with Gasteiger partial charge in [0.1, 0.15) is 18.8 Å². The summed E-state index contributed by atoms with van der Waals surface area (Å²) in [6, 6.07) is 17.6. The first-order chi connectivity index (χ1) is 15.8. The Kier molecular flexibility index (Phi) is 8.72. The molecule has 0 aliphatic rings. The number of carbonyl (C=O) groups excluding carboxylic acids is 2. The molecule has 6 nitrogen and oxygen atoms in total. The highest BCUT2D eigenvalue weighted by atomic mass is 35.5. The number of hydrogen-bond donors (Lipinski definition) is 2. The standard InChI is InChI=1S/C24H20Cl3N3O3/c1-15-6-8-18(11-20(15)26)29-23(31)12-24(32)30-28-13-17-4-2-3-5-22(17)33-14-16-7-9-19(25)21(27)10-16/h2-11,13H,12,14H2,1H3,(H,29,31)(H,30,32). The lowest BCUT2D eigenvalue weighted by molar-refractivity contribution is -0.126. The van der Waals surface area contributed by atoms with Crippen molar-refractivity contribution in [3.63, 3.8) is 0 Å². The summed E-state index contributed by atoms with van der Waals surface area (Å²) in [5.74, 6) is -0.472. The summed E-state index contributed by atoms with van der Waals surface area (Å²) >= 11 is 18.0. The second-order valence-electron chi connectivity index (χ2n) is 7.06. The molecular formula is C24H20Cl3N3O3. The van der Waals surface area contributed by atoms with Gasteiger partial charge < -0.3 is 10.1 Å². The molecule has 0 aromatic heterocycles. The number of hydrogen-bond acceptors (Lipinski definition) is 4. The average Bonchev–Trinajstić information content (AvgIpc) is 2.78. The predicted molar refractivity (Wildman–Crippen MR) is 132 cm³/mol. The molecule has 33 heavy (non-hydrogen) atoms. The van der Waals surface area contributed by atoms with Gasteiger partial charge in [-0.3, -0.25) is 9.59 Å². The SMILES string of the molecule is Cc1ccc(NC(=O)CC(=O)NN=Cc2ccccc2OCc2ccc(Cl)c(Cl)c2)cc1Cl. The minimum atomic E-state index is -0.559. The van der Waals surface area contributed by atoms with Gasteiger partial charge in [-0.2, -0.15) is 5.10 Å². The summed E-state index contributed by atoms with van der Waals surface area (Å²) in [5.41, 5.74) is 5.25. The molecule has 0 saturated carbocycles. The highest BCUT2D eigenvalue weighted by Gasteiger charge is 2.10. The summed E-state index contributed by atoms with van der Waals surface area (Å²) in [7, 11) is 0. The first-order valence-electron chi connectivity index (χ1n) is 9.85. The molecule has 0 radical (unpaired) electrons. The number of amides is 2. The van der Waals surface area contributed by atoms with E-state index in [1.165, 1.54) is 6.21 Å². The summed E-state index contributed by atoms with van der Waals surface area (Å²) < 4.78 is 5.84. The number of nitrogens with zero attached hydrogens (tertiary/aromatic N) is 1. The van der Waals surface area contributed by atoms with Gasteiger partial charge in [0.25, 0.3) is 0 Å². The van der Waals surface area contributed by atoms with Crippen molar-refractivity contribution in [2.45, 2.75) is 20.0 Å². The zero-order valence-corrected chi connectivity index (χ0v) is 19.8. The van der Waals surface area contributed by atoms with Gasteiger partial charge in [0.05, 0.1) is 16.3 Å². The van der Waals surface area contributed by atoms with Gasteiger partial charge in [0, 0.05) is 16.3 Å². The van der Waals surface area contributed by atoms with E-state index in [-0.39, 0.29) is 6.61 Å². The van der Waals surface area contributed by atoms with E-state index in [1.807, 2.05) is 25.1 Å². The van der Waals surface area contributed by atoms with Gasteiger partial charge >= 0.3 is 0 Å². The van der Waals surface area contributed by atoms with Crippen LogP contribution in [0.3, 0.4) is 0 Å². The molecule has 2 amide bonds. The second kappa shape index (κ2) is 11.7. The number of ether oxygens (including phenoxy) is 1. The third-order valence-electron chi connectivity index (χ3n) is 4.47.